The van der Waals surface area contributed by atoms with Crippen LogP contribution in [0.4, 0.5) is 0 Å². The minimum Gasteiger partial charge on any atom is -0.178 e. The Hall–Kier alpha value is 6.04. The van der Waals surface area contributed by atoms with Crippen LogP contribution in [0.15, 0.2) is 8.47 Å². The van der Waals surface area contributed by atoms with Gasteiger partial charge in [-0.15, -0.1) is 94.1 Å². The molecule has 1 aliphatic heterocycles. The SMILES string of the molecule is SCSC(C(S)CS)C(SCS)C(S)CSC1=C(SCC(S)C(SCS)C(SCS)C(S)CS)SCS1. The average Bonchev–Trinajstić information content (AvgIpc) is 3.36. The standard InChI is InChI=1S/C19H36S18/c20-1-10(26)14(32-5-22)16(34-7-24)12(28)3-30-18-19(37-9-36-18)31-4-13(29)17(35-8-25)15(33-6-23)11(27)2-21/h10-17,20-29H,1-9H2. The summed E-state index contributed by atoms with van der Waals surface area (Å²) in [7, 11) is 0. The van der Waals surface area contributed by atoms with E-state index in [2.05, 4.69) is 75.8 Å². The van der Waals surface area contributed by atoms with Crippen LogP contribution in [0.25, 0.3) is 0 Å². The lowest BCUT2D eigenvalue weighted by atomic mass is 10.2. The van der Waals surface area contributed by atoms with E-state index in [9.17, 15) is 0 Å². The van der Waals surface area contributed by atoms with Gasteiger partial charge in [-0.3, -0.25) is 0 Å². The molecular weight excluding hydrogens is 805 g/mol. The zero-order chi connectivity index (χ0) is 27.8. The van der Waals surface area contributed by atoms with Crippen LogP contribution in [0.5, 0.6) is 0 Å². The quantitative estimate of drug-likeness (QED) is 0.0383. The first-order valence-corrected chi connectivity index (χ1v) is 24.9. The minimum atomic E-state index is 0.193. The third kappa shape index (κ3) is 15.5. The molecule has 0 nitrogen and oxygen atoms in total. The van der Waals surface area contributed by atoms with E-state index >= 15 is 0 Å². The summed E-state index contributed by atoms with van der Waals surface area (Å²) in [6.07, 6.45) is 0. The molecule has 8 atom stereocenters. The molecule has 220 valence electrons. The maximum Gasteiger partial charge on any atom is 0.0611 e. The van der Waals surface area contributed by atoms with Crippen molar-refractivity contribution in [2.45, 2.75) is 42.0 Å². The van der Waals surface area contributed by atoms with Gasteiger partial charge in [-0.2, -0.15) is 126 Å². The molecule has 0 amide bonds. The fourth-order valence-corrected chi connectivity index (χ4v) is 19.4. The molecule has 0 fully saturated rings. The highest BCUT2D eigenvalue weighted by Gasteiger charge is 2.34. The van der Waals surface area contributed by atoms with E-state index < -0.39 is 0 Å². The van der Waals surface area contributed by atoms with Gasteiger partial charge in [0.05, 0.1) is 8.47 Å². The molecule has 0 saturated carbocycles. The van der Waals surface area contributed by atoms with E-state index in [1.54, 1.807) is 0 Å². The van der Waals surface area contributed by atoms with Crippen LogP contribution in [0.1, 0.15) is 0 Å². The van der Waals surface area contributed by atoms with Crippen molar-refractivity contribution in [3.63, 3.8) is 0 Å². The van der Waals surface area contributed by atoms with Crippen LogP contribution >= 0.6 is 220 Å². The van der Waals surface area contributed by atoms with Crippen LogP contribution in [-0.4, -0.2) is 90.4 Å². The Morgan fingerprint density at radius 3 is 1.08 bits per heavy atom. The minimum absolute atomic E-state index is 0.193. The smallest absolute Gasteiger partial charge is 0.0611 e. The summed E-state index contributed by atoms with van der Waals surface area (Å²) >= 11 is 61.9. The number of thioether (sulfide) groups is 8. The van der Waals surface area contributed by atoms with Crippen molar-refractivity contribution >= 4 is 220 Å². The van der Waals surface area contributed by atoms with Crippen LogP contribution in [0.3, 0.4) is 0 Å². The number of hydrogen-bond donors (Lipinski definition) is 10. The molecule has 0 spiro atoms. The zero-order valence-corrected chi connectivity index (χ0v) is 35.2. The van der Waals surface area contributed by atoms with Crippen LogP contribution in [-0.2, 0) is 0 Å². The van der Waals surface area contributed by atoms with Gasteiger partial charge in [0.1, 0.15) is 0 Å². The number of hydrogen-bond acceptors (Lipinski definition) is 18. The van der Waals surface area contributed by atoms with Crippen molar-refractivity contribution in [3.8, 4) is 0 Å². The molecule has 1 aliphatic rings. The molecule has 0 saturated heterocycles. The average molecular weight is 842 g/mol. The number of thiol groups is 10. The maximum absolute atomic E-state index is 5.07. The van der Waals surface area contributed by atoms with Crippen LogP contribution < -0.4 is 0 Å². The summed E-state index contributed by atoms with van der Waals surface area (Å²) in [6.45, 7) is 0. The van der Waals surface area contributed by atoms with Gasteiger partial charge in [0.25, 0.3) is 0 Å². The molecule has 0 aromatic rings. The summed E-state index contributed by atoms with van der Waals surface area (Å²) in [5, 5.41) is 6.27. The first kappa shape index (κ1) is 41.1. The third-order valence-corrected chi connectivity index (χ3v) is 22.1. The fourth-order valence-electron chi connectivity index (χ4n) is 3.22. The Kier molecular flexibility index (Phi) is 27.9. The summed E-state index contributed by atoms with van der Waals surface area (Å²) in [4.78, 5) is 0. The van der Waals surface area contributed by atoms with E-state index in [1.165, 1.54) is 8.47 Å². The third-order valence-electron chi connectivity index (χ3n) is 4.92. The summed E-state index contributed by atoms with van der Waals surface area (Å²) in [5.41, 5.74) is 0. The van der Waals surface area contributed by atoms with Crippen molar-refractivity contribution in [1.82, 2.24) is 0 Å². The lowest BCUT2D eigenvalue weighted by Gasteiger charge is -2.33. The monoisotopic (exact) mass is 840 g/mol. The maximum atomic E-state index is 5.07. The molecule has 0 aliphatic carbocycles. The molecule has 0 bridgehead atoms. The molecule has 0 aromatic carbocycles. The van der Waals surface area contributed by atoms with Gasteiger partial charge in [-0.05, 0) is 0 Å². The Morgan fingerprint density at radius 1 is 0.514 bits per heavy atom. The molecule has 1 rings (SSSR count). The van der Waals surface area contributed by atoms with Gasteiger partial charge >= 0.3 is 0 Å². The van der Waals surface area contributed by atoms with E-state index in [1.807, 2.05) is 94.1 Å². The van der Waals surface area contributed by atoms with Gasteiger partial charge in [-0.1, -0.05) is 0 Å². The second-order valence-electron chi connectivity index (χ2n) is 7.28. The summed E-state index contributed by atoms with van der Waals surface area (Å²) < 4.78 is 2.84. The van der Waals surface area contributed by atoms with Crippen molar-refractivity contribution in [2.24, 2.45) is 0 Å². The molecule has 0 aromatic heterocycles. The largest absolute Gasteiger partial charge is 0.178 e. The van der Waals surface area contributed by atoms with E-state index in [4.69, 9.17) is 50.5 Å². The molecular formula is C19H36S18. The van der Waals surface area contributed by atoms with Gasteiger partial charge in [0.2, 0.25) is 0 Å². The Labute approximate surface area is 314 Å². The topological polar surface area (TPSA) is 0 Å². The van der Waals surface area contributed by atoms with Gasteiger partial charge < -0.3 is 0 Å². The first-order chi connectivity index (χ1) is 17.8. The predicted octanol–water partition coefficient (Wildman–Crippen LogP) is 9.03. The van der Waals surface area contributed by atoms with E-state index in [0.29, 0.717) is 21.0 Å². The lowest BCUT2D eigenvalue weighted by molar-refractivity contribution is 0.778. The number of rotatable bonds is 22. The summed E-state index contributed by atoms with van der Waals surface area (Å²) in [6, 6.07) is 0. The van der Waals surface area contributed by atoms with Gasteiger partial charge in [0, 0.05) is 90.4 Å². The Morgan fingerprint density at radius 2 is 0.811 bits per heavy atom. The lowest BCUT2D eigenvalue weighted by Crippen LogP contribution is -2.38. The van der Waals surface area contributed by atoms with E-state index in [0.717, 1.165) is 48.4 Å². The highest BCUT2D eigenvalue weighted by atomic mass is 32.3. The molecule has 37 heavy (non-hydrogen) atoms. The highest BCUT2D eigenvalue weighted by Crippen LogP contribution is 2.52. The summed E-state index contributed by atoms with van der Waals surface area (Å²) in [5.74, 6) is 3.36. The van der Waals surface area contributed by atoms with Gasteiger partial charge in [0.15, 0.2) is 0 Å². The van der Waals surface area contributed by atoms with Crippen molar-refractivity contribution in [2.75, 3.05) is 48.4 Å². The predicted molar refractivity (Wildman–Crippen MR) is 232 cm³/mol. The second kappa shape index (κ2) is 25.2. The van der Waals surface area contributed by atoms with Crippen molar-refractivity contribution < 1.29 is 0 Å². The molecule has 18 heteroatoms. The zero-order valence-electron chi connectivity index (χ0n) is 19.7. The molecule has 0 N–H and O–H groups in total. The first-order valence-electron chi connectivity index (χ1n) is 10.9. The molecule has 0 radical (unpaired) electrons. The van der Waals surface area contributed by atoms with Crippen molar-refractivity contribution in [3.05, 3.63) is 8.47 Å². The Balaban J connectivity index is 2.85. The fraction of sp³-hybridized carbons (Fsp3) is 0.895. The van der Waals surface area contributed by atoms with Crippen LogP contribution in [0.2, 0.25) is 0 Å². The molecule has 8 unspecified atom stereocenters. The van der Waals surface area contributed by atoms with Crippen molar-refractivity contribution in [1.29, 1.82) is 0 Å². The normalized spacial score (nSPS) is 20.9. The Bertz CT molecular complexity index is 572. The van der Waals surface area contributed by atoms with E-state index in [-0.39, 0.29) is 21.0 Å². The van der Waals surface area contributed by atoms with Crippen LogP contribution in [0, 0.1) is 0 Å². The van der Waals surface area contributed by atoms with Gasteiger partial charge in [-0.25, -0.2) is 0 Å². The second-order valence-corrected chi connectivity index (χ2v) is 23.2. The molecule has 1 heterocycles. The highest BCUT2D eigenvalue weighted by molar-refractivity contribution is 8.37.